The first-order chi connectivity index (χ1) is 10.5. The zero-order chi connectivity index (χ0) is 16.1. The van der Waals surface area contributed by atoms with Crippen LogP contribution < -0.4 is 10.5 Å². The van der Waals surface area contributed by atoms with E-state index in [0.29, 0.717) is 6.42 Å². The first-order valence-electron chi connectivity index (χ1n) is 8.34. The van der Waals surface area contributed by atoms with E-state index < -0.39 is 0 Å². The highest BCUT2D eigenvalue weighted by Crippen LogP contribution is 2.32. The highest BCUT2D eigenvalue weighted by Gasteiger charge is 2.34. The number of ether oxygens (including phenoxy) is 1. The van der Waals surface area contributed by atoms with Crippen molar-refractivity contribution in [1.29, 1.82) is 0 Å². The van der Waals surface area contributed by atoms with Crippen molar-refractivity contribution in [2.75, 3.05) is 6.54 Å². The number of likely N-dealkylation sites (tertiary alicyclic amines) is 1. The number of carbonyl (C=O) groups excluding carboxylic acids is 1. The highest BCUT2D eigenvalue weighted by molar-refractivity contribution is 5.78. The molecular formula is C18H28N2O2. The van der Waals surface area contributed by atoms with Gasteiger partial charge < -0.3 is 15.4 Å². The molecule has 1 amide bonds. The lowest BCUT2D eigenvalue weighted by atomic mass is 9.90. The van der Waals surface area contributed by atoms with Gasteiger partial charge in [-0.15, -0.1) is 0 Å². The zero-order valence-corrected chi connectivity index (χ0v) is 13.9. The zero-order valence-electron chi connectivity index (χ0n) is 13.9. The molecule has 1 aromatic rings. The molecule has 1 saturated heterocycles. The molecule has 0 radical (unpaired) electrons. The van der Waals surface area contributed by atoms with Crippen LogP contribution in [-0.4, -0.2) is 29.5 Å². The number of hydrogen-bond donors (Lipinski definition) is 1. The van der Waals surface area contributed by atoms with E-state index in [-0.39, 0.29) is 24.1 Å². The normalized spacial score (nSPS) is 22.2. The molecule has 4 heteroatoms. The van der Waals surface area contributed by atoms with Crippen LogP contribution >= 0.6 is 0 Å². The van der Waals surface area contributed by atoms with E-state index in [1.807, 2.05) is 43.0 Å². The summed E-state index contributed by atoms with van der Waals surface area (Å²) in [5.41, 5.74) is 7.43. The Kier molecular flexibility index (Phi) is 5.83. The molecule has 0 aromatic heterocycles. The monoisotopic (exact) mass is 304 g/mol. The van der Waals surface area contributed by atoms with Gasteiger partial charge >= 0.3 is 0 Å². The van der Waals surface area contributed by atoms with E-state index in [1.54, 1.807) is 0 Å². The fraction of sp³-hybridized carbons (Fsp3) is 0.611. The summed E-state index contributed by atoms with van der Waals surface area (Å²) in [5, 5.41) is 0. The van der Waals surface area contributed by atoms with Crippen LogP contribution in [0, 0.1) is 0 Å². The van der Waals surface area contributed by atoms with E-state index in [4.69, 9.17) is 10.5 Å². The van der Waals surface area contributed by atoms with Gasteiger partial charge in [-0.2, -0.15) is 0 Å². The van der Waals surface area contributed by atoms with Crippen molar-refractivity contribution < 1.29 is 9.53 Å². The summed E-state index contributed by atoms with van der Waals surface area (Å²) in [5.74, 6) is 1.08. The smallest absolute Gasteiger partial charge is 0.223 e. The molecule has 1 aliphatic heterocycles. The van der Waals surface area contributed by atoms with Gasteiger partial charge in [0.1, 0.15) is 5.75 Å². The fourth-order valence-corrected chi connectivity index (χ4v) is 3.01. The molecule has 0 spiro atoms. The van der Waals surface area contributed by atoms with Crippen molar-refractivity contribution in [3.05, 3.63) is 29.8 Å². The third-order valence-electron chi connectivity index (χ3n) is 4.10. The number of benzene rings is 1. The molecule has 0 saturated carbocycles. The van der Waals surface area contributed by atoms with Crippen LogP contribution in [0.25, 0.3) is 0 Å². The summed E-state index contributed by atoms with van der Waals surface area (Å²) < 4.78 is 5.68. The quantitative estimate of drug-likeness (QED) is 0.877. The van der Waals surface area contributed by atoms with Crippen molar-refractivity contribution in [3.8, 4) is 5.75 Å². The molecule has 2 unspecified atom stereocenters. The van der Waals surface area contributed by atoms with E-state index in [2.05, 4.69) is 6.92 Å². The molecule has 0 bridgehead atoms. The van der Waals surface area contributed by atoms with Gasteiger partial charge in [-0.25, -0.2) is 0 Å². The molecule has 0 aliphatic carbocycles. The summed E-state index contributed by atoms with van der Waals surface area (Å²) >= 11 is 0. The summed E-state index contributed by atoms with van der Waals surface area (Å²) in [6.07, 6.45) is 3.58. The van der Waals surface area contributed by atoms with E-state index in [1.165, 1.54) is 0 Å². The summed E-state index contributed by atoms with van der Waals surface area (Å²) in [7, 11) is 0. The topological polar surface area (TPSA) is 55.6 Å². The van der Waals surface area contributed by atoms with Gasteiger partial charge in [0.25, 0.3) is 0 Å². The molecule has 2 rings (SSSR count). The molecule has 2 N–H and O–H groups in total. The average molecular weight is 304 g/mol. The third kappa shape index (κ3) is 4.01. The Labute approximate surface area is 133 Å². The van der Waals surface area contributed by atoms with Crippen LogP contribution in [0.2, 0.25) is 0 Å². The Bertz CT molecular complexity index is 484. The number of piperidine rings is 1. The Morgan fingerprint density at radius 3 is 2.59 bits per heavy atom. The second-order valence-corrected chi connectivity index (χ2v) is 6.32. The predicted octanol–water partition coefficient (Wildman–Crippen LogP) is 3.26. The molecule has 4 nitrogen and oxygen atoms in total. The van der Waals surface area contributed by atoms with Crippen LogP contribution in [0.1, 0.15) is 58.1 Å². The maximum absolute atomic E-state index is 12.3. The Morgan fingerprint density at radius 1 is 1.32 bits per heavy atom. The predicted molar refractivity (Wildman–Crippen MR) is 88.8 cm³/mol. The maximum Gasteiger partial charge on any atom is 0.223 e. The lowest BCUT2D eigenvalue weighted by Crippen LogP contribution is -2.49. The molecule has 122 valence electrons. The molecule has 2 atom stereocenters. The van der Waals surface area contributed by atoms with E-state index >= 15 is 0 Å². The third-order valence-corrected chi connectivity index (χ3v) is 4.10. The number of hydrogen-bond acceptors (Lipinski definition) is 3. The molecule has 1 fully saturated rings. The fourth-order valence-electron chi connectivity index (χ4n) is 3.01. The van der Waals surface area contributed by atoms with Gasteiger partial charge in [0.2, 0.25) is 5.91 Å². The minimum atomic E-state index is -0.0131. The lowest BCUT2D eigenvalue weighted by molar-refractivity contribution is -0.137. The average Bonchev–Trinajstić information content (AvgIpc) is 2.48. The summed E-state index contributed by atoms with van der Waals surface area (Å²) in [4.78, 5) is 14.3. The second-order valence-electron chi connectivity index (χ2n) is 6.32. The van der Waals surface area contributed by atoms with Crippen LogP contribution in [0.15, 0.2) is 24.3 Å². The number of nitrogens with zero attached hydrogens (tertiary/aromatic N) is 1. The summed E-state index contributed by atoms with van der Waals surface area (Å²) in [6.45, 7) is 6.95. The van der Waals surface area contributed by atoms with E-state index in [0.717, 1.165) is 37.1 Å². The number of unbranched alkanes of at least 4 members (excludes halogenated alkanes) is 1. The van der Waals surface area contributed by atoms with Crippen LogP contribution in [-0.2, 0) is 4.79 Å². The van der Waals surface area contributed by atoms with Crippen molar-refractivity contribution in [2.24, 2.45) is 5.73 Å². The van der Waals surface area contributed by atoms with Gasteiger partial charge in [-0.1, -0.05) is 25.5 Å². The van der Waals surface area contributed by atoms with Gasteiger partial charge in [-0.3, -0.25) is 4.79 Å². The number of nitrogens with two attached hydrogens (primary N) is 1. The molecule has 1 heterocycles. The standard InChI is InChI=1S/C18H28N2O2/c1-4-5-12-20-17(21)11-10-16(19)18(20)14-6-8-15(9-7-14)22-13(2)3/h6-9,13,16,18H,4-5,10-12,19H2,1-3H3. The SMILES string of the molecule is CCCCN1C(=O)CCC(N)C1c1ccc(OC(C)C)cc1. The Balaban J connectivity index is 2.19. The van der Waals surface area contributed by atoms with Gasteiger partial charge in [0.05, 0.1) is 12.1 Å². The summed E-state index contributed by atoms with van der Waals surface area (Å²) in [6, 6.07) is 8.02. The van der Waals surface area contributed by atoms with Crippen molar-refractivity contribution in [3.63, 3.8) is 0 Å². The van der Waals surface area contributed by atoms with Crippen LogP contribution in [0.4, 0.5) is 0 Å². The van der Waals surface area contributed by atoms with Crippen molar-refractivity contribution in [1.82, 2.24) is 4.90 Å². The van der Waals surface area contributed by atoms with Crippen molar-refractivity contribution >= 4 is 5.91 Å². The van der Waals surface area contributed by atoms with E-state index in [9.17, 15) is 4.79 Å². The molecule has 22 heavy (non-hydrogen) atoms. The van der Waals surface area contributed by atoms with Crippen molar-refractivity contribution in [2.45, 2.75) is 64.6 Å². The van der Waals surface area contributed by atoms with Crippen LogP contribution in [0.3, 0.4) is 0 Å². The minimum Gasteiger partial charge on any atom is -0.491 e. The number of rotatable bonds is 6. The minimum absolute atomic E-state index is 0.00595. The highest BCUT2D eigenvalue weighted by atomic mass is 16.5. The number of amides is 1. The molecule has 1 aliphatic rings. The maximum atomic E-state index is 12.3. The first-order valence-corrected chi connectivity index (χ1v) is 8.34. The van der Waals surface area contributed by atoms with Crippen LogP contribution in [0.5, 0.6) is 5.75 Å². The lowest BCUT2D eigenvalue weighted by Gasteiger charge is -2.40. The van der Waals surface area contributed by atoms with Gasteiger partial charge in [0.15, 0.2) is 0 Å². The number of carbonyl (C=O) groups is 1. The van der Waals surface area contributed by atoms with Gasteiger partial charge in [-0.05, 0) is 44.4 Å². The first kappa shape index (κ1) is 16.8. The molecular weight excluding hydrogens is 276 g/mol. The van der Waals surface area contributed by atoms with Gasteiger partial charge in [0, 0.05) is 19.0 Å². The molecule has 1 aromatic carbocycles. The Hall–Kier alpha value is -1.55. The second kappa shape index (κ2) is 7.63. The Morgan fingerprint density at radius 2 is 2.00 bits per heavy atom. The largest absolute Gasteiger partial charge is 0.491 e.